The van der Waals surface area contributed by atoms with Crippen LogP contribution >= 0.6 is 0 Å². The molecule has 0 aliphatic carbocycles. The van der Waals surface area contributed by atoms with Gasteiger partial charge in [0.15, 0.2) is 11.3 Å². The molecule has 1 atom stereocenters. The minimum absolute atomic E-state index is 0.0431. The zero-order valence-corrected chi connectivity index (χ0v) is 22.3. The maximum atomic E-state index is 13.7. The normalized spacial score (nSPS) is 15.2. The summed E-state index contributed by atoms with van der Waals surface area (Å²) in [5.74, 6) is -0.569. The number of rotatable bonds is 7. The number of anilines is 2. The Kier molecular flexibility index (Phi) is 7.32. The molecule has 1 aromatic carbocycles. The van der Waals surface area contributed by atoms with Gasteiger partial charge in [0.2, 0.25) is 11.8 Å². The van der Waals surface area contributed by atoms with Gasteiger partial charge >= 0.3 is 0 Å². The van der Waals surface area contributed by atoms with E-state index in [1.807, 2.05) is 6.07 Å². The van der Waals surface area contributed by atoms with Crippen LogP contribution in [0.1, 0.15) is 34.9 Å². The molecule has 0 unspecified atom stereocenters. The van der Waals surface area contributed by atoms with Crippen LogP contribution in [0.2, 0.25) is 0 Å². The van der Waals surface area contributed by atoms with Crippen molar-refractivity contribution in [1.29, 1.82) is 0 Å². The highest BCUT2D eigenvalue weighted by atomic mass is 16.3. The fourth-order valence-corrected chi connectivity index (χ4v) is 4.87. The Bertz CT molecular complexity index is 1590. The number of carbonyl (C=O) groups is 3. The molecular weight excluding hydrogens is 512 g/mol. The molecule has 40 heavy (non-hydrogen) atoms. The summed E-state index contributed by atoms with van der Waals surface area (Å²) >= 11 is 0. The summed E-state index contributed by atoms with van der Waals surface area (Å²) in [6.45, 7) is 4.62. The van der Waals surface area contributed by atoms with Crippen LogP contribution in [0.25, 0.3) is 22.2 Å². The molecule has 206 valence electrons. The van der Waals surface area contributed by atoms with Crippen LogP contribution in [-0.2, 0) is 16.0 Å². The van der Waals surface area contributed by atoms with Crippen molar-refractivity contribution in [3.63, 3.8) is 0 Å². The van der Waals surface area contributed by atoms with Gasteiger partial charge in [-0.2, -0.15) is 5.10 Å². The number of hydrogen-bond donors (Lipinski definition) is 2. The second kappa shape index (κ2) is 11.0. The number of likely N-dealkylation sites (N-methyl/N-ethyl adjacent to an activating group) is 1. The largest absolute Gasteiger partial charge is 0.472 e. The third-order valence-corrected chi connectivity index (χ3v) is 6.98. The Morgan fingerprint density at radius 2 is 2.08 bits per heavy atom. The van der Waals surface area contributed by atoms with E-state index in [4.69, 9.17) is 10.2 Å². The SMILES string of the molecule is C=CC(=O)N1CCC[C@@H](n2nc(C(=O)Nc3ccc(CC(=O)N(C)C)cc3-c3ccoc3)c3c(N)ncnc32)C1. The lowest BCUT2D eigenvalue weighted by molar-refractivity contribution is -0.128. The van der Waals surface area contributed by atoms with E-state index in [9.17, 15) is 14.4 Å². The van der Waals surface area contributed by atoms with Crippen LogP contribution in [0.3, 0.4) is 0 Å². The highest BCUT2D eigenvalue weighted by Crippen LogP contribution is 2.32. The third kappa shape index (κ3) is 5.15. The number of piperidine rings is 1. The molecule has 5 rings (SSSR count). The number of likely N-dealkylation sites (tertiary alicyclic amines) is 1. The van der Waals surface area contributed by atoms with Gasteiger partial charge in [-0.1, -0.05) is 12.6 Å². The fraction of sp³-hybridized carbons (Fsp3) is 0.286. The monoisotopic (exact) mass is 542 g/mol. The van der Waals surface area contributed by atoms with Crippen LogP contribution in [0, 0.1) is 0 Å². The summed E-state index contributed by atoms with van der Waals surface area (Å²) in [6.07, 6.45) is 7.46. The number of nitrogens with two attached hydrogens (primary N) is 1. The molecule has 3 amide bonds. The first-order valence-corrected chi connectivity index (χ1v) is 12.8. The van der Waals surface area contributed by atoms with Gasteiger partial charge in [-0.15, -0.1) is 0 Å². The van der Waals surface area contributed by atoms with Gasteiger partial charge in [0.1, 0.15) is 12.1 Å². The molecular formula is C28H30N8O4. The smallest absolute Gasteiger partial charge is 0.277 e. The molecule has 4 aromatic rings. The maximum Gasteiger partial charge on any atom is 0.277 e. The van der Waals surface area contributed by atoms with E-state index >= 15 is 0 Å². The standard InChI is InChI=1S/C28H30N8O4/c1-4-22(37)35-10-5-6-19(14-35)36-27-24(26(29)30-16-31-27)25(33-36)28(39)32-21-8-7-17(13-23(38)34(2)3)12-20(21)18-9-11-40-15-18/h4,7-9,11-12,15-16,19H,1,5-6,10,13-14H2,2-3H3,(H,32,39)(H2,29,30,31)/t19-/m1/s1. The Hall–Kier alpha value is -5.00. The molecule has 0 saturated carbocycles. The van der Waals surface area contributed by atoms with Crippen molar-refractivity contribution in [2.24, 2.45) is 0 Å². The second-order valence-corrected chi connectivity index (χ2v) is 9.85. The number of nitrogen functional groups attached to an aromatic ring is 1. The average molecular weight is 543 g/mol. The highest BCUT2D eigenvalue weighted by molar-refractivity contribution is 6.14. The molecule has 12 heteroatoms. The molecule has 1 fully saturated rings. The lowest BCUT2D eigenvalue weighted by atomic mass is 10.0. The van der Waals surface area contributed by atoms with Crippen LogP contribution in [-0.4, -0.2) is 74.5 Å². The molecule has 3 N–H and O–H groups in total. The van der Waals surface area contributed by atoms with Crippen molar-refractivity contribution in [3.8, 4) is 11.1 Å². The first-order valence-electron chi connectivity index (χ1n) is 12.8. The van der Waals surface area contributed by atoms with Crippen LogP contribution in [0.4, 0.5) is 11.5 Å². The van der Waals surface area contributed by atoms with Crippen LogP contribution < -0.4 is 11.1 Å². The number of amides is 3. The number of nitrogens with one attached hydrogen (secondary N) is 1. The number of nitrogens with zero attached hydrogens (tertiary/aromatic N) is 6. The van der Waals surface area contributed by atoms with E-state index in [1.165, 1.54) is 23.6 Å². The van der Waals surface area contributed by atoms with Crippen molar-refractivity contribution in [2.75, 3.05) is 38.2 Å². The first-order chi connectivity index (χ1) is 19.3. The fourth-order valence-electron chi connectivity index (χ4n) is 4.87. The minimum Gasteiger partial charge on any atom is -0.472 e. The summed E-state index contributed by atoms with van der Waals surface area (Å²) in [4.78, 5) is 50.0. The average Bonchev–Trinajstić information content (AvgIpc) is 3.63. The Labute approximate surface area is 230 Å². The predicted octanol–water partition coefficient (Wildman–Crippen LogP) is 2.90. The van der Waals surface area contributed by atoms with E-state index < -0.39 is 5.91 Å². The first kappa shape index (κ1) is 26.6. The summed E-state index contributed by atoms with van der Waals surface area (Å²) in [7, 11) is 3.41. The Morgan fingerprint density at radius 1 is 1.25 bits per heavy atom. The molecule has 1 aliphatic heterocycles. The number of hydrogen-bond acceptors (Lipinski definition) is 8. The third-order valence-electron chi connectivity index (χ3n) is 6.98. The van der Waals surface area contributed by atoms with Gasteiger partial charge in [0.25, 0.3) is 5.91 Å². The van der Waals surface area contributed by atoms with Crippen LogP contribution in [0.15, 0.2) is 60.2 Å². The van der Waals surface area contributed by atoms with Crippen molar-refractivity contribution in [2.45, 2.75) is 25.3 Å². The number of carbonyl (C=O) groups excluding carboxylic acids is 3. The van der Waals surface area contributed by atoms with E-state index in [-0.39, 0.29) is 35.8 Å². The number of aromatic nitrogens is 4. The van der Waals surface area contributed by atoms with Crippen molar-refractivity contribution < 1.29 is 18.8 Å². The topological polar surface area (TPSA) is 152 Å². The molecule has 1 aliphatic rings. The minimum atomic E-state index is -0.498. The lowest BCUT2D eigenvalue weighted by Gasteiger charge is -2.32. The van der Waals surface area contributed by atoms with Crippen molar-refractivity contribution in [1.82, 2.24) is 29.5 Å². The van der Waals surface area contributed by atoms with Gasteiger partial charge in [0, 0.05) is 44.0 Å². The van der Waals surface area contributed by atoms with E-state index in [2.05, 4.69) is 27.0 Å². The van der Waals surface area contributed by atoms with E-state index in [1.54, 1.807) is 48.1 Å². The summed E-state index contributed by atoms with van der Waals surface area (Å²) < 4.78 is 6.94. The van der Waals surface area contributed by atoms with Gasteiger partial charge in [0.05, 0.1) is 30.4 Å². The summed E-state index contributed by atoms with van der Waals surface area (Å²) in [5.41, 5.74) is 9.43. The molecule has 12 nitrogen and oxygen atoms in total. The highest BCUT2D eigenvalue weighted by Gasteiger charge is 2.29. The molecule has 1 saturated heterocycles. The molecule has 4 heterocycles. The lowest BCUT2D eigenvalue weighted by Crippen LogP contribution is -2.40. The molecule has 3 aromatic heterocycles. The van der Waals surface area contributed by atoms with Crippen molar-refractivity contribution >= 4 is 40.3 Å². The Balaban J connectivity index is 1.50. The Morgan fingerprint density at radius 3 is 2.80 bits per heavy atom. The summed E-state index contributed by atoms with van der Waals surface area (Å²) in [6, 6.07) is 6.96. The zero-order chi connectivity index (χ0) is 28.4. The maximum absolute atomic E-state index is 13.7. The predicted molar refractivity (Wildman–Crippen MR) is 149 cm³/mol. The number of benzene rings is 1. The van der Waals surface area contributed by atoms with Crippen molar-refractivity contribution in [3.05, 3.63) is 67.0 Å². The quantitative estimate of drug-likeness (QED) is 0.338. The van der Waals surface area contributed by atoms with Crippen LogP contribution in [0.5, 0.6) is 0 Å². The summed E-state index contributed by atoms with van der Waals surface area (Å²) in [5, 5.41) is 7.94. The van der Waals surface area contributed by atoms with E-state index in [0.29, 0.717) is 35.4 Å². The number of fused-ring (bicyclic) bond motifs is 1. The number of furan rings is 1. The van der Waals surface area contributed by atoms with Gasteiger partial charge in [-0.05, 0) is 42.7 Å². The van der Waals surface area contributed by atoms with Gasteiger partial charge < -0.3 is 25.3 Å². The van der Waals surface area contributed by atoms with Gasteiger partial charge in [-0.3, -0.25) is 14.4 Å². The van der Waals surface area contributed by atoms with E-state index in [0.717, 1.165) is 24.0 Å². The molecule has 0 radical (unpaired) electrons. The molecule has 0 bridgehead atoms. The molecule has 0 spiro atoms. The second-order valence-electron chi connectivity index (χ2n) is 9.85. The van der Waals surface area contributed by atoms with Gasteiger partial charge in [-0.25, -0.2) is 14.6 Å². The zero-order valence-electron chi connectivity index (χ0n) is 22.3.